The summed E-state index contributed by atoms with van der Waals surface area (Å²) in [5.74, 6) is 0.990. The summed E-state index contributed by atoms with van der Waals surface area (Å²) in [6.07, 6.45) is 0. The van der Waals surface area contributed by atoms with Crippen molar-refractivity contribution in [2.24, 2.45) is 0 Å². The largest absolute Gasteiger partial charge is 0.354 e. The highest BCUT2D eigenvalue weighted by Crippen LogP contribution is 2.18. The normalized spacial score (nSPS) is 16.6. The van der Waals surface area contributed by atoms with E-state index in [1.165, 1.54) is 5.52 Å². The monoisotopic (exact) mass is 273 g/mol. The molecule has 0 amide bonds. The van der Waals surface area contributed by atoms with Crippen molar-refractivity contribution in [1.82, 2.24) is 19.8 Å². The van der Waals surface area contributed by atoms with Gasteiger partial charge in [0.2, 0.25) is 5.95 Å². The van der Waals surface area contributed by atoms with Gasteiger partial charge in [-0.05, 0) is 19.1 Å². The molecule has 0 saturated carbocycles. The highest BCUT2D eigenvalue weighted by molar-refractivity contribution is 5.78. The van der Waals surface area contributed by atoms with Crippen LogP contribution in [0.3, 0.4) is 0 Å². The number of fused-ring (bicyclic) bond motifs is 1. The molecule has 2 heterocycles. The second kappa shape index (κ2) is 6.24. The van der Waals surface area contributed by atoms with Gasteiger partial charge in [-0.3, -0.25) is 4.90 Å². The van der Waals surface area contributed by atoms with Crippen LogP contribution in [0.15, 0.2) is 24.3 Å². The second-order valence-corrected chi connectivity index (χ2v) is 5.19. The minimum atomic E-state index is 0.941. The zero-order valence-corrected chi connectivity index (χ0v) is 12.1. The molecule has 1 aliphatic rings. The third-order valence-electron chi connectivity index (χ3n) is 3.89. The van der Waals surface area contributed by atoms with Gasteiger partial charge >= 0.3 is 0 Å². The molecule has 108 valence electrons. The molecule has 1 aromatic heterocycles. The molecule has 5 heteroatoms. The van der Waals surface area contributed by atoms with Crippen LogP contribution in [0.5, 0.6) is 0 Å². The van der Waals surface area contributed by atoms with Gasteiger partial charge < -0.3 is 15.2 Å². The molecule has 0 radical (unpaired) electrons. The predicted octanol–water partition coefficient (Wildman–Crippen LogP) is 1.37. The third-order valence-corrected chi connectivity index (χ3v) is 3.89. The first-order chi connectivity index (χ1) is 9.88. The van der Waals surface area contributed by atoms with Crippen LogP contribution in [0, 0.1) is 0 Å². The zero-order chi connectivity index (χ0) is 13.8. The van der Waals surface area contributed by atoms with E-state index < -0.39 is 0 Å². The summed E-state index contributed by atoms with van der Waals surface area (Å²) in [5.41, 5.74) is 2.28. The van der Waals surface area contributed by atoms with Gasteiger partial charge in [-0.2, -0.15) is 0 Å². The lowest BCUT2D eigenvalue weighted by Crippen LogP contribution is -2.45. The van der Waals surface area contributed by atoms with Crippen molar-refractivity contribution in [3.63, 3.8) is 0 Å². The smallest absolute Gasteiger partial charge is 0.203 e. The van der Waals surface area contributed by atoms with Gasteiger partial charge in [-0.15, -0.1) is 0 Å². The molecule has 0 atom stereocenters. The number of hydrogen-bond acceptors (Lipinski definition) is 4. The molecule has 0 aliphatic carbocycles. The second-order valence-electron chi connectivity index (χ2n) is 5.19. The van der Waals surface area contributed by atoms with Crippen molar-refractivity contribution in [2.75, 3.05) is 44.6 Å². The number of nitrogens with one attached hydrogen (secondary N) is 2. The number of aryl methyl sites for hydroxylation is 1. The SMILES string of the molecule is CCn1c(NCCN2CCNCC2)nc2ccccc21. The van der Waals surface area contributed by atoms with Crippen molar-refractivity contribution >= 4 is 17.0 Å². The molecule has 0 spiro atoms. The molecule has 3 rings (SSSR count). The topological polar surface area (TPSA) is 45.1 Å². The average molecular weight is 273 g/mol. The Balaban J connectivity index is 1.64. The summed E-state index contributed by atoms with van der Waals surface area (Å²) >= 11 is 0. The van der Waals surface area contributed by atoms with Crippen molar-refractivity contribution in [1.29, 1.82) is 0 Å². The van der Waals surface area contributed by atoms with Crippen LogP contribution in [-0.2, 0) is 6.54 Å². The Labute approximate surface area is 120 Å². The Morgan fingerprint density at radius 3 is 2.85 bits per heavy atom. The van der Waals surface area contributed by atoms with Crippen molar-refractivity contribution in [3.05, 3.63) is 24.3 Å². The Hall–Kier alpha value is -1.59. The van der Waals surface area contributed by atoms with E-state index in [9.17, 15) is 0 Å². The summed E-state index contributed by atoms with van der Waals surface area (Å²) in [6.45, 7) is 9.63. The van der Waals surface area contributed by atoms with E-state index in [2.05, 4.69) is 50.2 Å². The lowest BCUT2D eigenvalue weighted by atomic mass is 10.3. The molecule has 1 saturated heterocycles. The standard InChI is InChI=1S/C15H23N5/c1-2-20-14-6-4-3-5-13(14)18-15(20)17-9-12-19-10-7-16-8-11-19/h3-6,16H,2,7-12H2,1H3,(H,17,18). The molecule has 1 aromatic carbocycles. The maximum atomic E-state index is 4.69. The van der Waals surface area contributed by atoms with Crippen molar-refractivity contribution in [2.45, 2.75) is 13.5 Å². The van der Waals surface area contributed by atoms with E-state index in [1.54, 1.807) is 0 Å². The fraction of sp³-hybridized carbons (Fsp3) is 0.533. The van der Waals surface area contributed by atoms with E-state index in [1.807, 2.05) is 6.07 Å². The lowest BCUT2D eigenvalue weighted by molar-refractivity contribution is 0.249. The Morgan fingerprint density at radius 1 is 1.25 bits per heavy atom. The maximum Gasteiger partial charge on any atom is 0.203 e. The summed E-state index contributed by atoms with van der Waals surface area (Å²) in [6, 6.07) is 8.32. The van der Waals surface area contributed by atoms with Crippen LogP contribution in [0.1, 0.15) is 6.92 Å². The first-order valence-electron chi connectivity index (χ1n) is 7.50. The number of hydrogen-bond donors (Lipinski definition) is 2. The van der Waals surface area contributed by atoms with Gasteiger partial charge in [0, 0.05) is 45.8 Å². The van der Waals surface area contributed by atoms with E-state index in [-0.39, 0.29) is 0 Å². The molecule has 5 nitrogen and oxygen atoms in total. The highest BCUT2D eigenvalue weighted by Gasteiger charge is 2.11. The summed E-state index contributed by atoms with van der Waals surface area (Å²) in [4.78, 5) is 7.18. The summed E-state index contributed by atoms with van der Waals surface area (Å²) in [5, 5.41) is 6.87. The fourth-order valence-corrected chi connectivity index (χ4v) is 2.79. The van der Waals surface area contributed by atoms with Crippen LogP contribution in [0.2, 0.25) is 0 Å². The molecule has 2 N–H and O–H groups in total. The van der Waals surface area contributed by atoms with Gasteiger partial charge in [0.25, 0.3) is 0 Å². The molecule has 0 unspecified atom stereocenters. The lowest BCUT2D eigenvalue weighted by Gasteiger charge is -2.27. The number of para-hydroxylation sites is 2. The first-order valence-corrected chi connectivity index (χ1v) is 7.50. The number of benzene rings is 1. The van der Waals surface area contributed by atoms with Gasteiger partial charge in [0.1, 0.15) is 0 Å². The number of anilines is 1. The van der Waals surface area contributed by atoms with Crippen molar-refractivity contribution < 1.29 is 0 Å². The third kappa shape index (κ3) is 2.78. The van der Waals surface area contributed by atoms with E-state index in [4.69, 9.17) is 0 Å². The average Bonchev–Trinajstić information content (AvgIpc) is 2.86. The quantitative estimate of drug-likeness (QED) is 0.864. The summed E-state index contributed by atoms with van der Waals surface area (Å²) in [7, 11) is 0. The van der Waals surface area contributed by atoms with Gasteiger partial charge in [-0.25, -0.2) is 4.98 Å². The van der Waals surface area contributed by atoms with E-state index in [0.29, 0.717) is 0 Å². The molecular weight excluding hydrogens is 250 g/mol. The highest BCUT2D eigenvalue weighted by atomic mass is 15.2. The zero-order valence-electron chi connectivity index (χ0n) is 12.1. The Kier molecular flexibility index (Phi) is 4.18. The van der Waals surface area contributed by atoms with Crippen molar-refractivity contribution in [3.8, 4) is 0 Å². The minimum Gasteiger partial charge on any atom is -0.354 e. The Morgan fingerprint density at radius 2 is 2.05 bits per heavy atom. The Bertz CT molecular complexity index is 556. The number of aromatic nitrogens is 2. The van der Waals surface area contributed by atoms with Crippen LogP contribution in [0.25, 0.3) is 11.0 Å². The number of piperazine rings is 1. The maximum absolute atomic E-state index is 4.69. The first kappa shape index (κ1) is 13.4. The molecule has 20 heavy (non-hydrogen) atoms. The molecule has 0 bridgehead atoms. The van der Waals surface area contributed by atoms with Crippen LogP contribution in [0.4, 0.5) is 5.95 Å². The van der Waals surface area contributed by atoms with Gasteiger partial charge in [0.05, 0.1) is 11.0 Å². The van der Waals surface area contributed by atoms with Gasteiger partial charge in [-0.1, -0.05) is 12.1 Å². The summed E-state index contributed by atoms with van der Waals surface area (Å²) < 4.78 is 2.24. The van der Waals surface area contributed by atoms with Crippen LogP contribution in [-0.4, -0.2) is 53.7 Å². The molecule has 2 aromatic rings. The number of nitrogens with zero attached hydrogens (tertiary/aromatic N) is 3. The molecular formula is C15H23N5. The molecule has 1 aliphatic heterocycles. The molecule has 1 fully saturated rings. The van der Waals surface area contributed by atoms with Crippen LogP contribution >= 0.6 is 0 Å². The van der Waals surface area contributed by atoms with Gasteiger partial charge in [0.15, 0.2) is 0 Å². The predicted molar refractivity (Wildman–Crippen MR) is 83.2 cm³/mol. The number of imidazole rings is 1. The van der Waals surface area contributed by atoms with E-state index >= 15 is 0 Å². The number of rotatable bonds is 5. The minimum absolute atomic E-state index is 0.941. The fourth-order valence-electron chi connectivity index (χ4n) is 2.79. The van der Waals surface area contributed by atoms with E-state index in [0.717, 1.165) is 57.3 Å². The van der Waals surface area contributed by atoms with Crippen LogP contribution < -0.4 is 10.6 Å².